The van der Waals surface area contributed by atoms with Crippen LogP contribution in [0.25, 0.3) is 10.8 Å². The Labute approximate surface area is 147 Å². The molecule has 0 aliphatic carbocycles. The molecule has 2 atom stereocenters. The molecule has 0 heterocycles. The Morgan fingerprint density at radius 1 is 1.04 bits per heavy atom. The maximum absolute atomic E-state index is 5.30. The van der Waals surface area contributed by atoms with Crippen LogP contribution in [0.1, 0.15) is 38.2 Å². The number of nitrogens with zero attached hydrogens (tertiary/aromatic N) is 1. The molecule has 3 nitrogen and oxygen atoms in total. The van der Waals surface area contributed by atoms with Gasteiger partial charge in [-0.15, -0.1) is 0 Å². The summed E-state index contributed by atoms with van der Waals surface area (Å²) in [5.74, 6) is 1.42. The molecule has 0 aliphatic heterocycles. The highest BCUT2D eigenvalue weighted by Gasteiger charge is 2.09. The van der Waals surface area contributed by atoms with Crippen molar-refractivity contribution in [2.45, 2.75) is 38.6 Å². The van der Waals surface area contributed by atoms with Gasteiger partial charge >= 0.3 is 0 Å². The smallest absolute Gasteiger partial charge is 0.119 e. The predicted molar refractivity (Wildman–Crippen MR) is 104 cm³/mol. The second-order valence-corrected chi connectivity index (χ2v) is 7.13. The fraction of sp³-hybridized carbons (Fsp3) is 0.524. The Morgan fingerprint density at radius 2 is 1.75 bits per heavy atom. The first-order chi connectivity index (χ1) is 11.5. The second kappa shape index (κ2) is 9.05. The van der Waals surface area contributed by atoms with E-state index in [2.05, 4.69) is 68.5 Å². The minimum atomic E-state index is 0.507. The van der Waals surface area contributed by atoms with Crippen molar-refractivity contribution in [1.82, 2.24) is 10.2 Å². The lowest BCUT2D eigenvalue weighted by Gasteiger charge is -2.19. The lowest BCUT2D eigenvalue weighted by atomic mass is 9.97. The molecule has 3 heteroatoms. The SMILES string of the molecule is COc1ccc2cc(C(C)CNC(C)CCCN(C)C)ccc2c1. The number of hydrogen-bond acceptors (Lipinski definition) is 3. The van der Waals surface area contributed by atoms with Gasteiger partial charge in [0, 0.05) is 12.6 Å². The van der Waals surface area contributed by atoms with Gasteiger partial charge in [0.05, 0.1) is 7.11 Å². The highest BCUT2D eigenvalue weighted by Crippen LogP contribution is 2.25. The monoisotopic (exact) mass is 328 g/mol. The molecule has 1 N–H and O–H groups in total. The van der Waals surface area contributed by atoms with Gasteiger partial charge in [0.15, 0.2) is 0 Å². The molecule has 2 aromatic carbocycles. The van der Waals surface area contributed by atoms with Gasteiger partial charge in [-0.2, -0.15) is 0 Å². The Balaban J connectivity index is 1.90. The number of fused-ring (bicyclic) bond motifs is 1. The van der Waals surface area contributed by atoms with Crippen LogP contribution in [0.4, 0.5) is 0 Å². The van der Waals surface area contributed by atoms with Crippen LogP contribution in [0.2, 0.25) is 0 Å². The van der Waals surface area contributed by atoms with Crippen LogP contribution in [-0.4, -0.2) is 45.2 Å². The summed E-state index contributed by atoms with van der Waals surface area (Å²) < 4.78 is 5.30. The average molecular weight is 328 g/mol. The number of hydrogen-bond donors (Lipinski definition) is 1. The van der Waals surface area contributed by atoms with E-state index in [1.54, 1.807) is 7.11 Å². The molecular formula is C21H32N2O. The van der Waals surface area contributed by atoms with E-state index in [9.17, 15) is 0 Å². The van der Waals surface area contributed by atoms with Crippen molar-refractivity contribution in [3.63, 3.8) is 0 Å². The highest BCUT2D eigenvalue weighted by atomic mass is 16.5. The summed E-state index contributed by atoms with van der Waals surface area (Å²) in [5, 5.41) is 6.19. The van der Waals surface area contributed by atoms with E-state index < -0.39 is 0 Å². The van der Waals surface area contributed by atoms with Gasteiger partial charge in [0.25, 0.3) is 0 Å². The third-order valence-electron chi connectivity index (χ3n) is 4.66. The topological polar surface area (TPSA) is 24.5 Å². The molecule has 24 heavy (non-hydrogen) atoms. The second-order valence-electron chi connectivity index (χ2n) is 7.13. The van der Waals surface area contributed by atoms with Gasteiger partial charge in [-0.3, -0.25) is 0 Å². The molecule has 0 saturated heterocycles. The van der Waals surface area contributed by atoms with Crippen LogP contribution >= 0.6 is 0 Å². The number of benzene rings is 2. The lowest BCUT2D eigenvalue weighted by Crippen LogP contribution is -2.30. The van der Waals surface area contributed by atoms with Crippen LogP contribution in [0.3, 0.4) is 0 Å². The molecule has 0 spiro atoms. The van der Waals surface area contributed by atoms with Gasteiger partial charge in [-0.1, -0.05) is 31.2 Å². The summed E-state index contributed by atoms with van der Waals surface area (Å²) >= 11 is 0. The lowest BCUT2D eigenvalue weighted by molar-refractivity contribution is 0.374. The number of rotatable bonds is 9. The zero-order valence-electron chi connectivity index (χ0n) is 15.8. The van der Waals surface area contributed by atoms with Crippen molar-refractivity contribution in [2.24, 2.45) is 0 Å². The standard InChI is InChI=1S/C21H32N2O/c1-16(15-22-17(2)7-6-12-23(3)4)18-8-9-20-14-21(24-5)11-10-19(20)13-18/h8-11,13-14,16-17,22H,6-7,12,15H2,1-5H3. The molecule has 2 rings (SSSR count). The van der Waals surface area contributed by atoms with Crippen molar-refractivity contribution >= 4 is 10.8 Å². The van der Waals surface area contributed by atoms with Gasteiger partial charge in [-0.25, -0.2) is 0 Å². The molecule has 2 aromatic rings. The zero-order chi connectivity index (χ0) is 17.5. The quantitative estimate of drug-likeness (QED) is 0.744. The molecule has 0 fully saturated rings. The first-order valence-corrected chi connectivity index (χ1v) is 8.95. The molecule has 0 radical (unpaired) electrons. The van der Waals surface area contributed by atoms with Crippen molar-refractivity contribution in [1.29, 1.82) is 0 Å². The number of nitrogens with one attached hydrogen (secondary N) is 1. The van der Waals surface area contributed by atoms with Gasteiger partial charge < -0.3 is 15.0 Å². The minimum Gasteiger partial charge on any atom is -0.497 e. The fourth-order valence-electron chi connectivity index (χ4n) is 2.99. The highest BCUT2D eigenvalue weighted by molar-refractivity contribution is 5.84. The molecule has 132 valence electrons. The van der Waals surface area contributed by atoms with Crippen molar-refractivity contribution in [3.05, 3.63) is 42.0 Å². The van der Waals surface area contributed by atoms with Gasteiger partial charge in [0.1, 0.15) is 5.75 Å². The van der Waals surface area contributed by atoms with E-state index in [4.69, 9.17) is 4.74 Å². The summed E-state index contributed by atoms with van der Waals surface area (Å²) in [6, 6.07) is 13.6. The van der Waals surface area contributed by atoms with Crippen molar-refractivity contribution in [3.8, 4) is 5.75 Å². The van der Waals surface area contributed by atoms with Gasteiger partial charge in [0.2, 0.25) is 0 Å². The Hall–Kier alpha value is -1.58. The van der Waals surface area contributed by atoms with Crippen LogP contribution in [-0.2, 0) is 0 Å². The molecular weight excluding hydrogens is 296 g/mol. The summed E-state index contributed by atoms with van der Waals surface area (Å²) in [6.07, 6.45) is 2.47. The number of ether oxygens (including phenoxy) is 1. The third kappa shape index (κ3) is 5.50. The largest absolute Gasteiger partial charge is 0.497 e. The molecule has 0 bridgehead atoms. The maximum atomic E-state index is 5.30. The Bertz CT molecular complexity index is 639. The zero-order valence-corrected chi connectivity index (χ0v) is 15.8. The predicted octanol–water partition coefficient (Wildman–Crippen LogP) is 4.27. The van der Waals surface area contributed by atoms with Gasteiger partial charge in [-0.05, 0) is 74.8 Å². The molecule has 0 amide bonds. The van der Waals surface area contributed by atoms with E-state index >= 15 is 0 Å². The molecule has 0 aliphatic rings. The molecule has 0 aromatic heterocycles. The van der Waals surface area contributed by atoms with Crippen LogP contribution in [0, 0.1) is 0 Å². The first kappa shape index (κ1) is 18.8. The first-order valence-electron chi connectivity index (χ1n) is 8.95. The average Bonchev–Trinajstić information content (AvgIpc) is 2.58. The normalized spacial score (nSPS) is 14.1. The van der Waals surface area contributed by atoms with Crippen LogP contribution in [0.15, 0.2) is 36.4 Å². The van der Waals surface area contributed by atoms with Crippen molar-refractivity contribution < 1.29 is 4.74 Å². The maximum Gasteiger partial charge on any atom is 0.119 e. The van der Waals surface area contributed by atoms with E-state index in [0.717, 1.165) is 18.8 Å². The van der Waals surface area contributed by atoms with Crippen molar-refractivity contribution in [2.75, 3.05) is 34.3 Å². The van der Waals surface area contributed by atoms with E-state index in [-0.39, 0.29) is 0 Å². The molecule has 2 unspecified atom stereocenters. The van der Waals surface area contributed by atoms with E-state index in [1.807, 2.05) is 6.07 Å². The fourth-order valence-corrected chi connectivity index (χ4v) is 2.99. The summed E-state index contributed by atoms with van der Waals surface area (Å²) in [7, 11) is 5.98. The summed E-state index contributed by atoms with van der Waals surface area (Å²) in [5.41, 5.74) is 1.39. The Morgan fingerprint density at radius 3 is 2.46 bits per heavy atom. The van der Waals surface area contributed by atoms with E-state index in [1.165, 1.54) is 29.2 Å². The summed E-state index contributed by atoms with van der Waals surface area (Å²) in [6.45, 7) is 6.76. The summed E-state index contributed by atoms with van der Waals surface area (Å²) in [4.78, 5) is 2.25. The van der Waals surface area contributed by atoms with E-state index in [0.29, 0.717) is 12.0 Å². The Kier molecular flexibility index (Phi) is 7.07. The van der Waals surface area contributed by atoms with Crippen LogP contribution < -0.4 is 10.1 Å². The number of methoxy groups -OCH3 is 1. The minimum absolute atomic E-state index is 0.507. The molecule has 0 saturated carbocycles. The third-order valence-corrected chi connectivity index (χ3v) is 4.66. The van der Waals surface area contributed by atoms with Crippen LogP contribution in [0.5, 0.6) is 5.75 Å².